The number of H-pyrrole nitrogens is 1. The summed E-state index contributed by atoms with van der Waals surface area (Å²) in [6, 6.07) is 9.21. The lowest BCUT2D eigenvalue weighted by Crippen LogP contribution is -2.28. The smallest absolute Gasteiger partial charge is 0.150 e. The first-order chi connectivity index (χ1) is 17.3. The monoisotopic (exact) mass is 522 g/mol. The maximum absolute atomic E-state index is 12.0. The summed E-state index contributed by atoms with van der Waals surface area (Å²) in [7, 11) is -2.96. The first kappa shape index (κ1) is 22.9. The Kier molecular flexibility index (Phi) is 5.65. The number of aryl methyl sites for hydroxylation is 1. The van der Waals surface area contributed by atoms with Gasteiger partial charge in [0.25, 0.3) is 0 Å². The van der Waals surface area contributed by atoms with Crippen molar-refractivity contribution in [1.29, 1.82) is 0 Å². The molecule has 9 nitrogen and oxygen atoms in total. The number of fused-ring (bicyclic) bond motifs is 2. The van der Waals surface area contributed by atoms with Crippen LogP contribution in [0.15, 0.2) is 48.9 Å². The minimum Gasteiger partial charge on any atom is -0.456 e. The molecule has 0 saturated carbocycles. The van der Waals surface area contributed by atoms with Crippen molar-refractivity contribution < 1.29 is 13.2 Å². The molecule has 36 heavy (non-hydrogen) atoms. The molecule has 6 rings (SSSR count). The fourth-order valence-corrected chi connectivity index (χ4v) is 6.68. The lowest BCUT2D eigenvalue weighted by atomic mass is 10.1. The quantitative estimate of drug-likeness (QED) is 0.347. The highest BCUT2D eigenvalue weighted by molar-refractivity contribution is 7.91. The first-order valence-electron chi connectivity index (χ1n) is 11.7. The van der Waals surface area contributed by atoms with Crippen LogP contribution in [0.2, 0.25) is 5.02 Å². The molecule has 2 aromatic carbocycles. The molecule has 11 heteroatoms. The van der Waals surface area contributed by atoms with E-state index in [0.29, 0.717) is 46.2 Å². The molecule has 0 aliphatic carbocycles. The maximum Gasteiger partial charge on any atom is 0.150 e. The summed E-state index contributed by atoms with van der Waals surface area (Å²) < 4.78 is 31.8. The summed E-state index contributed by atoms with van der Waals surface area (Å²) in [4.78, 5) is 16.9. The standard InChI is InChI=1S/C25H23ClN6O3S/c1-15-29-19-5-4-18(9-21(19)30-15)35-23-7-6-20-25(24(23)26)31-22(11-27-20)17-10-28-32(13-17)12-16-3-2-8-36(33,34)14-16/h4-7,9-11,13,16H,2-3,8,12,14H2,1H3,(H,29,30)/t16-/m0/s1. The predicted octanol–water partition coefficient (Wildman–Crippen LogP) is 4.95. The molecule has 0 spiro atoms. The molecule has 0 bridgehead atoms. The van der Waals surface area contributed by atoms with E-state index in [1.807, 2.05) is 37.4 Å². The van der Waals surface area contributed by atoms with E-state index in [1.54, 1.807) is 23.1 Å². The number of aromatic amines is 1. The predicted molar refractivity (Wildman–Crippen MR) is 138 cm³/mol. The van der Waals surface area contributed by atoms with Gasteiger partial charge >= 0.3 is 0 Å². The Hall–Kier alpha value is -3.50. The maximum atomic E-state index is 12.0. The zero-order valence-corrected chi connectivity index (χ0v) is 21.1. The molecule has 0 radical (unpaired) electrons. The van der Waals surface area contributed by atoms with Crippen LogP contribution in [0, 0.1) is 12.8 Å². The fourth-order valence-electron chi connectivity index (χ4n) is 4.67. The first-order valence-corrected chi connectivity index (χ1v) is 13.9. The van der Waals surface area contributed by atoms with E-state index in [2.05, 4.69) is 20.1 Å². The topological polar surface area (TPSA) is 116 Å². The summed E-state index contributed by atoms with van der Waals surface area (Å²) in [5.74, 6) is 2.50. The Morgan fingerprint density at radius 3 is 2.89 bits per heavy atom. The summed E-state index contributed by atoms with van der Waals surface area (Å²) in [5.41, 5.74) is 4.33. The summed E-state index contributed by atoms with van der Waals surface area (Å²) in [5, 5.41) is 4.79. The summed E-state index contributed by atoms with van der Waals surface area (Å²) in [6.45, 7) is 2.46. The van der Waals surface area contributed by atoms with Gasteiger partial charge in [0.15, 0.2) is 9.84 Å². The van der Waals surface area contributed by atoms with Crippen molar-refractivity contribution in [2.24, 2.45) is 5.92 Å². The zero-order valence-electron chi connectivity index (χ0n) is 19.5. The highest BCUT2D eigenvalue weighted by Gasteiger charge is 2.25. The minimum atomic E-state index is -2.96. The molecule has 184 valence electrons. The molecule has 1 aliphatic heterocycles. The number of sulfone groups is 1. The largest absolute Gasteiger partial charge is 0.456 e. The number of nitrogens with zero attached hydrogens (tertiary/aromatic N) is 5. The van der Waals surface area contributed by atoms with Gasteiger partial charge in [-0.2, -0.15) is 5.10 Å². The van der Waals surface area contributed by atoms with Crippen molar-refractivity contribution in [3.8, 4) is 22.8 Å². The van der Waals surface area contributed by atoms with Crippen molar-refractivity contribution in [3.63, 3.8) is 0 Å². The van der Waals surface area contributed by atoms with Crippen molar-refractivity contribution in [3.05, 3.63) is 59.8 Å². The molecule has 1 atom stereocenters. The highest BCUT2D eigenvalue weighted by Crippen LogP contribution is 2.35. The van der Waals surface area contributed by atoms with Crippen LogP contribution in [0.1, 0.15) is 18.7 Å². The third kappa shape index (κ3) is 4.54. The molecular formula is C25H23ClN6O3S. The van der Waals surface area contributed by atoms with Crippen LogP contribution >= 0.6 is 11.6 Å². The van der Waals surface area contributed by atoms with Crippen molar-refractivity contribution in [1.82, 2.24) is 29.7 Å². The number of aromatic nitrogens is 6. The summed E-state index contributed by atoms with van der Waals surface area (Å²) >= 11 is 6.71. The van der Waals surface area contributed by atoms with E-state index in [4.69, 9.17) is 21.3 Å². The Labute approximate surface area is 212 Å². The molecular weight excluding hydrogens is 500 g/mol. The Morgan fingerprint density at radius 1 is 1.17 bits per heavy atom. The molecule has 1 fully saturated rings. The van der Waals surface area contributed by atoms with Gasteiger partial charge < -0.3 is 9.72 Å². The van der Waals surface area contributed by atoms with E-state index in [-0.39, 0.29) is 17.4 Å². The van der Waals surface area contributed by atoms with Crippen LogP contribution in [0.25, 0.3) is 33.3 Å². The second-order valence-electron chi connectivity index (χ2n) is 9.18. The number of rotatable bonds is 5. The van der Waals surface area contributed by atoms with Crippen LogP contribution in [-0.2, 0) is 16.4 Å². The van der Waals surface area contributed by atoms with Gasteiger partial charge in [0.1, 0.15) is 27.9 Å². The van der Waals surface area contributed by atoms with Gasteiger partial charge in [-0.3, -0.25) is 9.67 Å². The molecule has 1 N–H and O–H groups in total. The second-order valence-corrected chi connectivity index (χ2v) is 11.8. The van der Waals surface area contributed by atoms with Gasteiger partial charge in [0.05, 0.1) is 46.1 Å². The fraction of sp³-hybridized carbons (Fsp3) is 0.280. The summed E-state index contributed by atoms with van der Waals surface area (Å²) in [6.07, 6.45) is 6.85. The third-order valence-electron chi connectivity index (χ3n) is 6.35. The van der Waals surface area contributed by atoms with E-state index >= 15 is 0 Å². The molecule has 4 heterocycles. The molecule has 5 aromatic rings. The second kappa shape index (κ2) is 8.86. The van der Waals surface area contributed by atoms with Gasteiger partial charge in [0, 0.05) is 24.4 Å². The van der Waals surface area contributed by atoms with E-state index in [1.165, 1.54) is 0 Å². The van der Waals surface area contributed by atoms with E-state index in [9.17, 15) is 8.42 Å². The van der Waals surface area contributed by atoms with Gasteiger partial charge in [-0.15, -0.1) is 0 Å². The average Bonchev–Trinajstić information content (AvgIpc) is 3.45. The van der Waals surface area contributed by atoms with Gasteiger partial charge in [0.2, 0.25) is 0 Å². The molecule has 1 aliphatic rings. The van der Waals surface area contributed by atoms with Crippen LogP contribution < -0.4 is 4.74 Å². The number of hydrogen-bond acceptors (Lipinski definition) is 7. The number of hydrogen-bond donors (Lipinski definition) is 1. The average molecular weight is 523 g/mol. The number of ether oxygens (including phenoxy) is 1. The molecule has 3 aromatic heterocycles. The van der Waals surface area contributed by atoms with E-state index < -0.39 is 9.84 Å². The molecule has 0 unspecified atom stereocenters. The number of benzene rings is 2. The van der Waals surface area contributed by atoms with Crippen LogP contribution in [-0.4, -0.2) is 49.6 Å². The molecule has 1 saturated heterocycles. The zero-order chi connectivity index (χ0) is 24.9. The Morgan fingerprint density at radius 2 is 2.03 bits per heavy atom. The third-order valence-corrected chi connectivity index (χ3v) is 8.60. The molecule has 0 amide bonds. The highest BCUT2D eigenvalue weighted by atomic mass is 35.5. The number of imidazole rings is 1. The Bertz CT molecular complexity index is 1710. The van der Waals surface area contributed by atoms with Crippen LogP contribution in [0.3, 0.4) is 0 Å². The lowest BCUT2D eigenvalue weighted by molar-refractivity contribution is 0.406. The van der Waals surface area contributed by atoms with Gasteiger partial charge in [-0.25, -0.2) is 18.4 Å². The van der Waals surface area contributed by atoms with Gasteiger partial charge in [-0.05, 0) is 49.9 Å². The number of halogens is 1. The van der Waals surface area contributed by atoms with Crippen LogP contribution in [0.5, 0.6) is 11.5 Å². The minimum absolute atomic E-state index is 0.0678. The lowest BCUT2D eigenvalue weighted by Gasteiger charge is -2.21. The SMILES string of the molecule is Cc1nc2ccc(Oc3ccc4ncc(-c5cnn(C[C@@H]6CCCS(=O)(=O)C6)c5)nc4c3Cl)cc2[nH]1. The Balaban J connectivity index is 1.26. The van der Waals surface area contributed by atoms with Crippen molar-refractivity contribution in [2.45, 2.75) is 26.3 Å². The van der Waals surface area contributed by atoms with Crippen molar-refractivity contribution >= 4 is 43.5 Å². The number of nitrogens with one attached hydrogen (secondary N) is 1. The van der Waals surface area contributed by atoms with Gasteiger partial charge in [-0.1, -0.05) is 11.6 Å². The van der Waals surface area contributed by atoms with Crippen molar-refractivity contribution in [2.75, 3.05) is 11.5 Å². The normalized spacial score (nSPS) is 17.6. The van der Waals surface area contributed by atoms with E-state index in [0.717, 1.165) is 28.8 Å². The van der Waals surface area contributed by atoms with Crippen LogP contribution in [0.4, 0.5) is 0 Å².